The minimum atomic E-state index is 0.113. The molecule has 0 aromatic rings. The summed E-state index contributed by atoms with van der Waals surface area (Å²) in [5, 5.41) is 2.94. The highest BCUT2D eigenvalue weighted by atomic mass is 16.5. The Morgan fingerprint density at radius 2 is 2.38 bits per heavy atom. The van der Waals surface area contributed by atoms with Crippen LogP contribution in [0.3, 0.4) is 0 Å². The Morgan fingerprint density at radius 1 is 1.62 bits per heavy atom. The quantitative estimate of drug-likeness (QED) is 0.723. The predicted molar refractivity (Wildman–Crippen MR) is 51.5 cm³/mol. The van der Waals surface area contributed by atoms with Gasteiger partial charge in [0.25, 0.3) is 0 Å². The number of nitrogens with one attached hydrogen (secondary N) is 1. The fraction of sp³-hybridized carbons (Fsp3) is 0.900. The summed E-state index contributed by atoms with van der Waals surface area (Å²) in [6, 6.07) is 0.160. The lowest BCUT2D eigenvalue weighted by atomic mass is 10.0. The maximum atomic E-state index is 11.1. The third-order valence-corrected chi connectivity index (χ3v) is 2.48. The average Bonchev–Trinajstić information content (AvgIpc) is 2.19. The Hall–Kier alpha value is -0.570. The zero-order valence-corrected chi connectivity index (χ0v) is 8.51. The molecule has 3 nitrogen and oxygen atoms in total. The number of amides is 1. The van der Waals surface area contributed by atoms with Gasteiger partial charge in [-0.15, -0.1) is 0 Å². The first-order chi connectivity index (χ1) is 6.24. The SMILES string of the molecule is CCC(=O)NC(C)C1CCCCO1. The zero-order chi connectivity index (χ0) is 9.68. The largest absolute Gasteiger partial charge is 0.376 e. The lowest BCUT2D eigenvalue weighted by Gasteiger charge is -2.28. The van der Waals surface area contributed by atoms with Crippen LogP contribution in [0.5, 0.6) is 0 Å². The highest BCUT2D eigenvalue weighted by Gasteiger charge is 2.21. The van der Waals surface area contributed by atoms with E-state index in [1.54, 1.807) is 0 Å². The maximum Gasteiger partial charge on any atom is 0.220 e. The van der Waals surface area contributed by atoms with Crippen molar-refractivity contribution >= 4 is 5.91 Å². The summed E-state index contributed by atoms with van der Waals surface area (Å²) in [6.07, 6.45) is 4.23. The molecule has 1 fully saturated rings. The number of carbonyl (C=O) groups excluding carboxylic acids is 1. The number of carbonyl (C=O) groups is 1. The lowest BCUT2D eigenvalue weighted by Crippen LogP contribution is -2.43. The van der Waals surface area contributed by atoms with Gasteiger partial charge in [0, 0.05) is 13.0 Å². The third kappa shape index (κ3) is 3.35. The zero-order valence-electron chi connectivity index (χ0n) is 8.51. The molecule has 1 heterocycles. The summed E-state index contributed by atoms with van der Waals surface area (Å²) in [5.41, 5.74) is 0. The summed E-state index contributed by atoms with van der Waals surface area (Å²) in [4.78, 5) is 11.1. The molecule has 2 atom stereocenters. The monoisotopic (exact) mass is 185 g/mol. The highest BCUT2D eigenvalue weighted by Crippen LogP contribution is 2.15. The number of ether oxygens (including phenoxy) is 1. The summed E-state index contributed by atoms with van der Waals surface area (Å²) in [5.74, 6) is 0.113. The van der Waals surface area contributed by atoms with Gasteiger partial charge in [0.2, 0.25) is 5.91 Å². The van der Waals surface area contributed by atoms with Gasteiger partial charge in [-0.1, -0.05) is 6.92 Å². The fourth-order valence-corrected chi connectivity index (χ4v) is 1.61. The third-order valence-electron chi connectivity index (χ3n) is 2.48. The molecular formula is C10H19NO2. The van der Waals surface area contributed by atoms with Crippen LogP contribution in [0.2, 0.25) is 0 Å². The normalized spacial score (nSPS) is 25.2. The van der Waals surface area contributed by atoms with E-state index in [0.29, 0.717) is 6.42 Å². The van der Waals surface area contributed by atoms with Crippen molar-refractivity contribution in [1.29, 1.82) is 0 Å². The first-order valence-electron chi connectivity index (χ1n) is 5.15. The van der Waals surface area contributed by atoms with E-state index < -0.39 is 0 Å². The van der Waals surface area contributed by atoms with Crippen molar-refractivity contribution < 1.29 is 9.53 Å². The molecule has 0 bridgehead atoms. The van der Waals surface area contributed by atoms with Gasteiger partial charge >= 0.3 is 0 Å². The second kappa shape index (κ2) is 5.22. The first-order valence-corrected chi connectivity index (χ1v) is 5.15. The molecule has 1 rings (SSSR count). The first kappa shape index (κ1) is 10.5. The Labute approximate surface area is 79.8 Å². The number of hydrogen-bond donors (Lipinski definition) is 1. The van der Waals surface area contributed by atoms with E-state index in [9.17, 15) is 4.79 Å². The van der Waals surface area contributed by atoms with Gasteiger partial charge in [-0.2, -0.15) is 0 Å². The Kier molecular flexibility index (Phi) is 4.22. The molecule has 1 aliphatic rings. The van der Waals surface area contributed by atoms with E-state index in [-0.39, 0.29) is 18.1 Å². The van der Waals surface area contributed by atoms with Crippen LogP contribution >= 0.6 is 0 Å². The molecule has 1 aliphatic heterocycles. The van der Waals surface area contributed by atoms with Crippen LogP contribution in [0.1, 0.15) is 39.5 Å². The number of rotatable bonds is 3. The van der Waals surface area contributed by atoms with E-state index in [1.165, 1.54) is 6.42 Å². The Balaban J connectivity index is 2.28. The van der Waals surface area contributed by atoms with Crippen LogP contribution in [-0.2, 0) is 9.53 Å². The molecule has 0 radical (unpaired) electrons. The van der Waals surface area contributed by atoms with Crippen molar-refractivity contribution in [2.24, 2.45) is 0 Å². The van der Waals surface area contributed by atoms with E-state index in [1.807, 2.05) is 13.8 Å². The molecule has 1 saturated heterocycles. The van der Waals surface area contributed by atoms with Crippen molar-refractivity contribution in [3.8, 4) is 0 Å². The van der Waals surface area contributed by atoms with Gasteiger partial charge in [-0.3, -0.25) is 4.79 Å². The minimum Gasteiger partial charge on any atom is -0.376 e. The van der Waals surface area contributed by atoms with Crippen molar-refractivity contribution in [3.63, 3.8) is 0 Å². The summed E-state index contributed by atoms with van der Waals surface area (Å²) >= 11 is 0. The van der Waals surface area contributed by atoms with Gasteiger partial charge < -0.3 is 10.1 Å². The molecule has 0 aliphatic carbocycles. The van der Waals surface area contributed by atoms with Gasteiger partial charge in [-0.05, 0) is 26.2 Å². The molecule has 1 amide bonds. The van der Waals surface area contributed by atoms with Crippen molar-refractivity contribution in [3.05, 3.63) is 0 Å². The van der Waals surface area contributed by atoms with Gasteiger partial charge in [0.05, 0.1) is 12.1 Å². The molecule has 76 valence electrons. The van der Waals surface area contributed by atoms with Crippen LogP contribution in [0, 0.1) is 0 Å². The maximum absolute atomic E-state index is 11.1. The van der Waals surface area contributed by atoms with Crippen LogP contribution in [0.4, 0.5) is 0 Å². The average molecular weight is 185 g/mol. The van der Waals surface area contributed by atoms with E-state index in [2.05, 4.69) is 5.32 Å². The molecule has 0 saturated carbocycles. The van der Waals surface area contributed by atoms with E-state index in [4.69, 9.17) is 4.74 Å². The van der Waals surface area contributed by atoms with Gasteiger partial charge in [0.15, 0.2) is 0 Å². The molecule has 1 N–H and O–H groups in total. The summed E-state index contributed by atoms with van der Waals surface area (Å²) < 4.78 is 5.57. The van der Waals surface area contributed by atoms with Crippen LogP contribution in [0.15, 0.2) is 0 Å². The second-order valence-corrected chi connectivity index (χ2v) is 3.61. The lowest BCUT2D eigenvalue weighted by molar-refractivity contribution is -0.123. The van der Waals surface area contributed by atoms with Crippen molar-refractivity contribution in [2.45, 2.75) is 51.7 Å². The summed E-state index contributed by atoms with van der Waals surface area (Å²) in [7, 11) is 0. The standard InChI is InChI=1S/C10H19NO2/c1-3-10(12)11-8(2)9-6-4-5-7-13-9/h8-9H,3-7H2,1-2H3,(H,11,12). The Bertz CT molecular complexity index is 164. The van der Waals surface area contributed by atoms with Crippen molar-refractivity contribution in [1.82, 2.24) is 5.32 Å². The van der Waals surface area contributed by atoms with Crippen molar-refractivity contribution in [2.75, 3.05) is 6.61 Å². The van der Waals surface area contributed by atoms with Crippen LogP contribution in [0.25, 0.3) is 0 Å². The van der Waals surface area contributed by atoms with Crippen LogP contribution in [-0.4, -0.2) is 24.7 Å². The van der Waals surface area contributed by atoms with Gasteiger partial charge in [0.1, 0.15) is 0 Å². The smallest absolute Gasteiger partial charge is 0.220 e. The Morgan fingerprint density at radius 3 is 2.92 bits per heavy atom. The van der Waals surface area contributed by atoms with E-state index in [0.717, 1.165) is 19.4 Å². The molecule has 0 aromatic carbocycles. The number of hydrogen-bond acceptors (Lipinski definition) is 2. The second-order valence-electron chi connectivity index (χ2n) is 3.61. The molecule has 3 heteroatoms. The fourth-order valence-electron chi connectivity index (χ4n) is 1.61. The van der Waals surface area contributed by atoms with E-state index >= 15 is 0 Å². The summed E-state index contributed by atoms with van der Waals surface area (Å²) in [6.45, 7) is 4.73. The molecule has 0 aromatic heterocycles. The van der Waals surface area contributed by atoms with Crippen LogP contribution < -0.4 is 5.32 Å². The molecular weight excluding hydrogens is 166 g/mol. The topological polar surface area (TPSA) is 38.3 Å². The molecule has 0 spiro atoms. The predicted octanol–water partition coefficient (Wildman–Crippen LogP) is 1.47. The minimum absolute atomic E-state index is 0.113. The highest BCUT2D eigenvalue weighted by molar-refractivity contribution is 5.75. The molecule has 2 unspecified atom stereocenters. The molecule has 13 heavy (non-hydrogen) atoms. The van der Waals surface area contributed by atoms with Gasteiger partial charge in [-0.25, -0.2) is 0 Å².